The van der Waals surface area contributed by atoms with E-state index in [0.29, 0.717) is 0 Å². The first-order chi connectivity index (χ1) is 7.75. The summed E-state index contributed by atoms with van der Waals surface area (Å²) in [4.78, 5) is 0. The predicted octanol–water partition coefficient (Wildman–Crippen LogP) is 1.28. The molecule has 5 heteroatoms. The number of nitrogens with zero attached hydrogens (tertiary/aromatic N) is 3. The maximum absolute atomic E-state index is 5.47. The van der Waals surface area contributed by atoms with Gasteiger partial charge in [-0.15, -0.1) is 10.2 Å². The van der Waals surface area contributed by atoms with Crippen LogP contribution in [0.15, 0.2) is 6.33 Å². The molecular weight excluding hydrogens is 204 g/mol. The first-order valence-corrected chi connectivity index (χ1v) is 5.90. The number of aryl methyl sites for hydroxylation is 1. The van der Waals surface area contributed by atoms with Crippen LogP contribution in [0.4, 0.5) is 0 Å². The van der Waals surface area contributed by atoms with Gasteiger partial charge in [-0.3, -0.25) is 0 Å². The van der Waals surface area contributed by atoms with Gasteiger partial charge in [-0.25, -0.2) is 0 Å². The number of rotatable bonds is 8. The summed E-state index contributed by atoms with van der Waals surface area (Å²) in [5.41, 5.74) is 0. The number of unbranched alkanes of at least 4 members (excludes halogenated alkanes) is 1. The van der Waals surface area contributed by atoms with Crippen molar-refractivity contribution in [2.45, 2.75) is 32.7 Å². The molecule has 1 aromatic heterocycles. The highest BCUT2D eigenvalue weighted by Gasteiger charge is 2.09. The van der Waals surface area contributed by atoms with E-state index in [4.69, 9.17) is 4.74 Å². The van der Waals surface area contributed by atoms with E-state index in [2.05, 4.69) is 29.4 Å². The molecule has 5 nitrogen and oxygen atoms in total. The fourth-order valence-corrected chi connectivity index (χ4v) is 1.47. The minimum atomic E-state index is 0.210. The summed E-state index contributed by atoms with van der Waals surface area (Å²) in [5.74, 6) is 0.952. The van der Waals surface area contributed by atoms with Gasteiger partial charge in [0.2, 0.25) is 0 Å². The van der Waals surface area contributed by atoms with Crippen LogP contribution in [-0.4, -0.2) is 34.5 Å². The topological polar surface area (TPSA) is 52.0 Å². The quantitative estimate of drug-likeness (QED) is 0.678. The third-order valence-electron chi connectivity index (χ3n) is 2.47. The van der Waals surface area contributed by atoms with Gasteiger partial charge in [0.05, 0.1) is 12.6 Å². The van der Waals surface area contributed by atoms with Crippen LogP contribution in [0.1, 0.15) is 38.6 Å². The lowest BCUT2D eigenvalue weighted by Gasteiger charge is -2.12. The van der Waals surface area contributed by atoms with E-state index in [-0.39, 0.29) is 6.04 Å². The molecule has 0 saturated heterocycles. The van der Waals surface area contributed by atoms with E-state index in [1.807, 2.05) is 11.6 Å². The molecule has 0 bridgehead atoms. The molecule has 1 rings (SSSR count). The Balaban J connectivity index is 2.11. The molecule has 1 heterocycles. The molecule has 0 aromatic carbocycles. The summed E-state index contributed by atoms with van der Waals surface area (Å²) >= 11 is 0. The number of hydrogen-bond donors (Lipinski definition) is 1. The van der Waals surface area contributed by atoms with Crippen molar-refractivity contribution in [2.24, 2.45) is 7.05 Å². The zero-order chi connectivity index (χ0) is 11.8. The molecule has 92 valence electrons. The molecule has 1 N–H and O–H groups in total. The molecule has 0 radical (unpaired) electrons. The smallest absolute Gasteiger partial charge is 0.149 e. The van der Waals surface area contributed by atoms with E-state index in [0.717, 1.165) is 32.0 Å². The summed E-state index contributed by atoms with van der Waals surface area (Å²) in [7, 11) is 1.95. The monoisotopic (exact) mass is 226 g/mol. The summed E-state index contributed by atoms with van der Waals surface area (Å²) in [6.45, 7) is 6.70. The number of ether oxygens (including phenoxy) is 1. The molecule has 0 aliphatic heterocycles. The van der Waals surface area contributed by atoms with Gasteiger partial charge in [0.15, 0.2) is 0 Å². The van der Waals surface area contributed by atoms with Gasteiger partial charge >= 0.3 is 0 Å². The molecule has 0 spiro atoms. The van der Waals surface area contributed by atoms with E-state index in [9.17, 15) is 0 Å². The second-order valence-electron chi connectivity index (χ2n) is 3.94. The average Bonchev–Trinajstić information content (AvgIpc) is 2.69. The van der Waals surface area contributed by atoms with Crippen molar-refractivity contribution in [1.82, 2.24) is 20.1 Å². The van der Waals surface area contributed by atoms with Crippen LogP contribution < -0.4 is 5.32 Å². The Labute approximate surface area is 97.2 Å². The number of aromatic nitrogens is 3. The molecule has 1 aromatic rings. The summed E-state index contributed by atoms with van der Waals surface area (Å²) in [6, 6.07) is 0.210. The molecule has 0 fully saturated rings. The van der Waals surface area contributed by atoms with Gasteiger partial charge < -0.3 is 14.6 Å². The zero-order valence-corrected chi connectivity index (χ0v) is 10.4. The Bertz CT molecular complexity index is 287. The van der Waals surface area contributed by atoms with Gasteiger partial charge in [0.1, 0.15) is 12.2 Å². The maximum atomic E-state index is 5.47. The summed E-state index contributed by atoms with van der Waals surface area (Å²) in [5, 5.41) is 11.3. The minimum absolute atomic E-state index is 0.210. The van der Waals surface area contributed by atoms with Crippen molar-refractivity contribution in [3.8, 4) is 0 Å². The minimum Gasteiger partial charge on any atom is -0.380 e. The molecule has 0 amide bonds. The summed E-state index contributed by atoms with van der Waals surface area (Å²) in [6.07, 6.45) is 4.03. The zero-order valence-electron chi connectivity index (χ0n) is 10.4. The highest BCUT2D eigenvalue weighted by molar-refractivity contribution is 4.91. The Morgan fingerprint density at radius 2 is 2.31 bits per heavy atom. The Hall–Kier alpha value is -0.940. The average molecular weight is 226 g/mol. The molecular formula is C11H22N4O. The van der Waals surface area contributed by atoms with Crippen LogP contribution in [0.3, 0.4) is 0 Å². The van der Waals surface area contributed by atoms with Crippen LogP contribution in [-0.2, 0) is 11.8 Å². The molecule has 0 saturated carbocycles. The largest absolute Gasteiger partial charge is 0.380 e. The SMILES string of the molecule is CCCCOCCNC(C)c1nncn1C. The van der Waals surface area contributed by atoms with E-state index in [1.54, 1.807) is 6.33 Å². The summed E-state index contributed by atoms with van der Waals surface area (Å²) < 4.78 is 7.39. The van der Waals surface area contributed by atoms with Crippen molar-refractivity contribution >= 4 is 0 Å². The van der Waals surface area contributed by atoms with Crippen molar-refractivity contribution in [2.75, 3.05) is 19.8 Å². The fourth-order valence-electron chi connectivity index (χ4n) is 1.47. The third kappa shape index (κ3) is 4.28. The maximum Gasteiger partial charge on any atom is 0.149 e. The van der Waals surface area contributed by atoms with E-state index < -0.39 is 0 Å². The number of hydrogen-bond acceptors (Lipinski definition) is 4. The van der Waals surface area contributed by atoms with Gasteiger partial charge in [-0.05, 0) is 13.3 Å². The Morgan fingerprint density at radius 3 is 2.94 bits per heavy atom. The van der Waals surface area contributed by atoms with Crippen molar-refractivity contribution in [3.05, 3.63) is 12.2 Å². The molecule has 1 unspecified atom stereocenters. The second kappa shape index (κ2) is 7.35. The van der Waals surface area contributed by atoms with Gasteiger partial charge in [0, 0.05) is 20.2 Å². The van der Waals surface area contributed by atoms with Crippen molar-refractivity contribution in [1.29, 1.82) is 0 Å². The van der Waals surface area contributed by atoms with Crippen molar-refractivity contribution in [3.63, 3.8) is 0 Å². The van der Waals surface area contributed by atoms with Gasteiger partial charge in [-0.2, -0.15) is 0 Å². The van der Waals surface area contributed by atoms with Gasteiger partial charge in [0.25, 0.3) is 0 Å². The van der Waals surface area contributed by atoms with Gasteiger partial charge in [-0.1, -0.05) is 13.3 Å². The third-order valence-corrected chi connectivity index (χ3v) is 2.47. The standard InChI is InChI=1S/C11H22N4O/c1-4-5-7-16-8-6-12-10(2)11-14-13-9-15(11)3/h9-10,12H,4-8H2,1-3H3. The van der Waals surface area contributed by atoms with Crippen LogP contribution in [0, 0.1) is 0 Å². The lowest BCUT2D eigenvalue weighted by atomic mass is 10.3. The Kier molecular flexibility index (Phi) is 6.03. The van der Waals surface area contributed by atoms with Crippen LogP contribution in [0.2, 0.25) is 0 Å². The Morgan fingerprint density at radius 1 is 1.50 bits per heavy atom. The van der Waals surface area contributed by atoms with Crippen LogP contribution >= 0.6 is 0 Å². The highest BCUT2D eigenvalue weighted by Crippen LogP contribution is 2.05. The predicted molar refractivity (Wildman–Crippen MR) is 63.1 cm³/mol. The highest BCUT2D eigenvalue weighted by atomic mass is 16.5. The lowest BCUT2D eigenvalue weighted by Crippen LogP contribution is -2.25. The van der Waals surface area contributed by atoms with Crippen molar-refractivity contribution < 1.29 is 4.74 Å². The van der Waals surface area contributed by atoms with Crippen LogP contribution in [0.25, 0.3) is 0 Å². The van der Waals surface area contributed by atoms with E-state index in [1.165, 1.54) is 6.42 Å². The first kappa shape index (κ1) is 13.1. The van der Waals surface area contributed by atoms with E-state index >= 15 is 0 Å². The molecule has 0 aliphatic rings. The first-order valence-electron chi connectivity index (χ1n) is 5.90. The molecule has 16 heavy (non-hydrogen) atoms. The molecule has 1 atom stereocenters. The lowest BCUT2D eigenvalue weighted by molar-refractivity contribution is 0.131. The number of nitrogens with one attached hydrogen (secondary N) is 1. The normalized spacial score (nSPS) is 12.9. The fraction of sp³-hybridized carbons (Fsp3) is 0.818. The molecule has 0 aliphatic carbocycles. The second-order valence-corrected chi connectivity index (χ2v) is 3.94. The van der Waals surface area contributed by atoms with Crippen LogP contribution in [0.5, 0.6) is 0 Å².